The van der Waals surface area contributed by atoms with E-state index < -0.39 is 0 Å². The fourth-order valence-corrected chi connectivity index (χ4v) is 5.96. The molecule has 3 aromatic carbocycles. The number of aromatic nitrogens is 1. The van der Waals surface area contributed by atoms with Gasteiger partial charge >= 0.3 is 0 Å². The molecule has 7 rings (SSSR count). The lowest BCUT2D eigenvalue weighted by molar-refractivity contribution is -0.168. The molecular formula is C39H42N2O6. The SMILES string of the molecule is CC(C)c1ccc(OCc2ccccc2)c(-c2noc(N(C(=O)C3CC3)C(=O)C3CC3)c2-c2ccc(COC3CCCCO3)cc2)c1. The van der Waals surface area contributed by atoms with Crippen molar-refractivity contribution < 1.29 is 28.3 Å². The van der Waals surface area contributed by atoms with Gasteiger partial charge in [-0.2, -0.15) is 0 Å². The zero-order valence-corrected chi connectivity index (χ0v) is 27.2. The van der Waals surface area contributed by atoms with Gasteiger partial charge in [0.1, 0.15) is 18.1 Å². The van der Waals surface area contributed by atoms with Crippen molar-refractivity contribution in [2.45, 2.75) is 84.2 Å². The number of hydrogen-bond acceptors (Lipinski definition) is 7. The van der Waals surface area contributed by atoms with Crippen LogP contribution in [0.1, 0.15) is 81.4 Å². The zero-order valence-electron chi connectivity index (χ0n) is 27.2. The molecule has 1 aromatic heterocycles. The Balaban J connectivity index is 1.30. The van der Waals surface area contributed by atoms with Crippen LogP contribution >= 0.6 is 0 Å². The fourth-order valence-electron chi connectivity index (χ4n) is 5.96. The second-order valence-corrected chi connectivity index (χ2v) is 13.3. The minimum absolute atomic E-state index is 0.172. The van der Waals surface area contributed by atoms with Crippen LogP contribution in [0.25, 0.3) is 22.4 Å². The number of rotatable bonds is 12. The summed E-state index contributed by atoms with van der Waals surface area (Å²) in [5.74, 6) is 0.315. The van der Waals surface area contributed by atoms with Gasteiger partial charge in [0.25, 0.3) is 0 Å². The summed E-state index contributed by atoms with van der Waals surface area (Å²) in [5, 5.41) is 4.60. The first-order valence-corrected chi connectivity index (χ1v) is 17.0. The maximum atomic E-state index is 13.7. The number of carbonyl (C=O) groups is 2. The van der Waals surface area contributed by atoms with Crippen LogP contribution in [0.15, 0.2) is 77.3 Å². The predicted molar refractivity (Wildman–Crippen MR) is 179 cm³/mol. The quantitative estimate of drug-likeness (QED) is 0.145. The summed E-state index contributed by atoms with van der Waals surface area (Å²) in [6.07, 6.45) is 5.99. The van der Waals surface area contributed by atoms with E-state index in [1.807, 2.05) is 60.7 Å². The molecule has 2 aliphatic carbocycles. The van der Waals surface area contributed by atoms with Crippen LogP contribution in [0.3, 0.4) is 0 Å². The molecule has 2 amide bonds. The van der Waals surface area contributed by atoms with Crippen molar-refractivity contribution in [1.82, 2.24) is 5.16 Å². The molecule has 1 aliphatic heterocycles. The zero-order chi connectivity index (χ0) is 32.3. The lowest BCUT2D eigenvalue weighted by atomic mass is 9.95. The largest absolute Gasteiger partial charge is 0.488 e. The van der Waals surface area contributed by atoms with Gasteiger partial charge in [0.05, 0.1) is 12.2 Å². The number of ether oxygens (including phenoxy) is 3. The Labute approximate surface area is 276 Å². The third kappa shape index (κ3) is 7.19. The number of benzene rings is 3. The highest BCUT2D eigenvalue weighted by atomic mass is 16.7. The summed E-state index contributed by atoms with van der Waals surface area (Å²) in [5.41, 5.74) is 5.81. The van der Waals surface area contributed by atoms with E-state index in [-0.39, 0.29) is 41.7 Å². The first-order valence-electron chi connectivity index (χ1n) is 17.0. The maximum absolute atomic E-state index is 13.7. The summed E-state index contributed by atoms with van der Waals surface area (Å²) in [6.45, 7) is 5.81. The Bertz CT molecular complexity index is 1680. The van der Waals surface area contributed by atoms with Crippen molar-refractivity contribution in [2.24, 2.45) is 11.8 Å². The highest BCUT2D eigenvalue weighted by molar-refractivity contribution is 6.18. The minimum Gasteiger partial charge on any atom is -0.488 e. The second-order valence-electron chi connectivity index (χ2n) is 13.3. The molecule has 0 radical (unpaired) electrons. The number of anilines is 1. The van der Waals surface area contributed by atoms with E-state index in [9.17, 15) is 9.59 Å². The molecular weight excluding hydrogens is 592 g/mol. The second kappa shape index (κ2) is 13.8. The number of amides is 2. The summed E-state index contributed by atoms with van der Waals surface area (Å²) in [7, 11) is 0. The van der Waals surface area contributed by atoms with Gasteiger partial charge in [0.2, 0.25) is 17.7 Å². The molecule has 4 aromatic rings. The molecule has 3 fully saturated rings. The van der Waals surface area contributed by atoms with Crippen LogP contribution in [0.2, 0.25) is 0 Å². The van der Waals surface area contributed by atoms with Gasteiger partial charge in [0, 0.05) is 24.0 Å². The number of hydrogen-bond donors (Lipinski definition) is 0. The summed E-state index contributed by atoms with van der Waals surface area (Å²) in [6, 6.07) is 24.1. The number of imide groups is 1. The molecule has 8 heteroatoms. The third-order valence-corrected chi connectivity index (χ3v) is 9.15. The van der Waals surface area contributed by atoms with Crippen molar-refractivity contribution in [3.05, 3.63) is 89.5 Å². The van der Waals surface area contributed by atoms with Gasteiger partial charge in [-0.25, -0.2) is 4.90 Å². The Morgan fingerprint density at radius 3 is 2.19 bits per heavy atom. The maximum Gasteiger partial charge on any atom is 0.249 e. The monoisotopic (exact) mass is 634 g/mol. The van der Waals surface area contributed by atoms with Gasteiger partial charge in [0.15, 0.2) is 6.29 Å². The third-order valence-electron chi connectivity index (χ3n) is 9.15. The normalized spacial score (nSPS) is 17.9. The van der Waals surface area contributed by atoms with Crippen LogP contribution in [0.5, 0.6) is 5.75 Å². The minimum atomic E-state index is -0.208. The molecule has 244 valence electrons. The molecule has 0 spiro atoms. The van der Waals surface area contributed by atoms with Crippen LogP contribution in [0.4, 0.5) is 5.88 Å². The number of nitrogens with zero attached hydrogens (tertiary/aromatic N) is 2. The van der Waals surface area contributed by atoms with Crippen molar-refractivity contribution in [3.63, 3.8) is 0 Å². The van der Waals surface area contributed by atoms with Crippen LogP contribution in [-0.4, -0.2) is 29.9 Å². The Morgan fingerprint density at radius 2 is 1.55 bits per heavy atom. The molecule has 8 nitrogen and oxygen atoms in total. The highest BCUT2D eigenvalue weighted by Gasteiger charge is 2.45. The van der Waals surface area contributed by atoms with Crippen LogP contribution in [-0.2, 0) is 32.3 Å². The van der Waals surface area contributed by atoms with E-state index in [2.05, 4.69) is 31.1 Å². The number of carbonyl (C=O) groups excluding carboxylic acids is 2. The summed E-state index contributed by atoms with van der Waals surface area (Å²) < 4.78 is 24.3. The van der Waals surface area contributed by atoms with Gasteiger partial charge < -0.3 is 18.7 Å². The standard InChI is InChI=1S/C39H42N2O6/c1-25(2)31-19-20-33(45-23-26-8-4-3-5-9-26)32(22-31)36-35(28-13-11-27(12-14-28)24-46-34-10-6-7-21-44-34)39(47-40-36)41(37(42)29-15-16-29)38(43)30-17-18-30/h3-5,8-9,11-14,19-20,22,25,29-30,34H,6-7,10,15-18,21,23-24H2,1-2H3. The van der Waals surface area contributed by atoms with Crippen molar-refractivity contribution >= 4 is 17.7 Å². The van der Waals surface area contributed by atoms with Crippen molar-refractivity contribution in [1.29, 1.82) is 0 Å². The van der Waals surface area contributed by atoms with Crippen LogP contribution in [0, 0.1) is 11.8 Å². The van der Waals surface area contributed by atoms with Crippen LogP contribution < -0.4 is 9.64 Å². The molecule has 1 unspecified atom stereocenters. The molecule has 2 saturated carbocycles. The highest BCUT2D eigenvalue weighted by Crippen LogP contribution is 2.46. The Hall–Kier alpha value is -4.27. The lowest BCUT2D eigenvalue weighted by Gasteiger charge is -2.22. The molecule has 1 saturated heterocycles. The Morgan fingerprint density at radius 1 is 0.851 bits per heavy atom. The van der Waals surface area contributed by atoms with E-state index >= 15 is 0 Å². The molecule has 47 heavy (non-hydrogen) atoms. The molecule has 1 atom stereocenters. The van der Waals surface area contributed by atoms with E-state index in [4.69, 9.17) is 18.7 Å². The van der Waals surface area contributed by atoms with E-state index in [1.165, 1.54) is 4.90 Å². The van der Waals surface area contributed by atoms with E-state index in [0.29, 0.717) is 30.2 Å². The van der Waals surface area contributed by atoms with Gasteiger partial charge in [-0.15, -0.1) is 0 Å². The fraction of sp³-hybridized carbons (Fsp3) is 0.410. The van der Waals surface area contributed by atoms with Crippen molar-refractivity contribution in [3.8, 4) is 28.1 Å². The molecule has 2 heterocycles. The first-order chi connectivity index (χ1) is 23.0. The van der Waals surface area contributed by atoms with Crippen molar-refractivity contribution in [2.75, 3.05) is 11.5 Å². The average Bonchev–Trinajstić information content (AvgIpc) is 4.05. The molecule has 0 N–H and O–H groups in total. The average molecular weight is 635 g/mol. The Kier molecular flexibility index (Phi) is 9.23. The predicted octanol–water partition coefficient (Wildman–Crippen LogP) is 8.43. The van der Waals surface area contributed by atoms with E-state index in [0.717, 1.165) is 79.4 Å². The van der Waals surface area contributed by atoms with Gasteiger partial charge in [-0.1, -0.05) is 79.7 Å². The summed E-state index contributed by atoms with van der Waals surface area (Å²) >= 11 is 0. The molecule has 0 bridgehead atoms. The first kappa shape index (κ1) is 31.3. The summed E-state index contributed by atoms with van der Waals surface area (Å²) in [4.78, 5) is 28.8. The van der Waals surface area contributed by atoms with Gasteiger partial charge in [-0.3, -0.25) is 9.59 Å². The van der Waals surface area contributed by atoms with Gasteiger partial charge in [-0.05, 0) is 85.3 Å². The topological polar surface area (TPSA) is 91.1 Å². The lowest BCUT2D eigenvalue weighted by Crippen LogP contribution is -2.39. The molecule has 3 aliphatic rings. The van der Waals surface area contributed by atoms with E-state index in [1.54, 1.807) is 0 Å². The smallest absolute Gasteiger partial charge is 0.249 e.